The van der Waals surface area contributed by atoms with Gasteiger partial charge in [-0.1, -0.05) is 13.8 Å². The van der Waals surface area contributed by atoms with E-state index in [1.807, 2.05) is 13.8 Å². The number of hydrogen-bond donors (Lipinski definition) is 2. The molecule has 0 fully saturated rings. The molecule has 126 valence electrons. The number of rotatable bonds is 11. The largest absolute Gasteiger partial charge is 0.479 e. The monoisotopic (exact) mass is 325 g/mol. The van der Waals surface area contributed by atoms with Crippen LogP contribution in [0.15, 0.2) is 0 Å². The van der Waals surface area contributed by atoms with Gasteiger partial charge < -0.3 is 14.2 Å². The average molecular weight is 325 g/mol. The Labute approximate surface area is 126 Å². The number of carbonyl (C=O) groups is 1. The first-order chi connectivity index (χ1) is 9.48. The first-order valence-corrected chi connectivity index (χ1v) is 8.73. The Kier molecular flexibility index (Phi) is 8.07. The van der Waals surface area contributed by atoms with Crippen molar-refractivity contribution in [2.24, 2.45) is 5.41 Å². The van der Waals surface area contributed by atoms with Gasteiger partial charge in [-0.25, -0.2) is 10.3 Å². The van der Waals surface area contributed by atoms with Crippen LogP contribution in [-0.4, -0.2) is 42.6 Å². The van der Waals surface area contributed by atoms with E-state index in [1.54, 1.807) is 13.8 Å². The van der Waals surface area contributed by atoms with E-state index in [1.165, 1.54) is 13.8 Å². The zero-order valence-electron chi connectivity index (χ0n) is 13.8. The molecule has 0 rings (SSSR count). The molecule has 21 heavy (non-hydrogen) atoms. The molecule has 0 aliphatic rings. The lowest BCUT2D eigenvalue weighted by Gasteiger charge is -2.30. The minimum Gasteiger partial charge on any atom is -0.479 e. The van der Waals surface area contributed by atoms with Gasteiger partial charge in [0.15, 0.2) is 5.60 Å². The van der Waals surface area contributed by atoms with Crippen molar-refractivity contribution in [3.63, 3.8) is 0 Å². The van der Waals surface area contributed by atoms with Crippen LogP contribution in [0.2, 0.25) is 0 Å². The van der Waals surface area contributed by atoms with Crippen molar-refractivity contribution in [3.8, 4) is 0 Å². The number of carboxylic acids is 1. The predicted octanol–water partition coefficient (Wildman–Crippen LogP) is 2.66. The van der Waals surface area contributed by atoms with Crippen molar-refractivity contribution in [2.75, 3.05) is 25.9 Å². The Hall–Kier alpha value is -0.460. The molecular weight excluding hydrogens is 297 g/mol. The zero-order valence-corrected chi connectivity index (χ0v) is 14.7. The Morgan fingerprint density at radius 1 is 1.14 bits per heavy atom. The first kappa shape index (κ1) is 20.5. The van der Waals surface area contributed by atoms with Gasteiger partial charge in [-0.15, -0.1) is 0 Å². The highest BCUT2D eigenvalue weighted by Crippen LogP contribution is 2.52. The Morgan fingerprint density at radius 3 is 2.00 bits per heavy atom. The van der Waals surface area contributed by atoms with Gasteiger partial charge >= 0.3 is 13.6 Å². The van der Waals surface area contributed by atoms with Crippen LogP contribution < -0.4 is 5.48 Å². The van der Waals surface area contributed by atoms with Crippen LogP contribution in [-0.2, 0) is 23.2 Å². The lowest BCUT2D eigenvalue weighted by Crippen LogP contribution is -2.43. The maximum absolute atomic E-state index is 12.5. The highest BCUT2D eigenvalue weighted by molar-refractivity contribution is 7.53. The van der Waals surface area contributed by atoms with E-state index in [2.05, 4.69) is 5.48 Å². The second-order valence-corrected chi connectivity index (χ2v) is 8.06. The summed E-state index contributed by atoms with van der Waals surface area (Å²) in [5.74, 6) is -1.07. The molecule has 0 aromatic carbocycles. The van der Waals surface area contributed by atoms with E-state index in [4.69, 9.17) is 19.0 Å². The molecule has 0 radical (unpaired) electrons. The van der Waals surface area contributed by atoms with Gasteiger partial charge in [-0.3, -0.25) is 9.40 Å². The maximum Gasteiger partial charge on any atom is 0.337 e. The molecule has 0 saturated carbocycles. The van der Waals surface area contributed by atoms with Crippen molar-refractivity contribution in [1.82, 2.24) is 5.48 Å². The zero-order chi connectivity index (χ0) is 16.7. The number of hydrogen-bond acceptors (Lipinski definition) is 6. The fourth-order valence-corrected chi connectivity index (χ4v) is 3.76. The minimum absolute atomic E-state index is 0.214. The van der Waals surface area contributed by atoms with Crippen LogP contribution in [0, 0.1) is 5.41 Å². The van der Waals surface area contributed by atoms with E-state index >= 15 is 0 Å². The van der Waals surface area contributed by atoms with Gasteiger partial charge in [0.1, 0.15) is 0 Å². The molecule has 0 unspecified atom stereocenters. The van der Waals surface area contributed by atoms with E-state index < -0.39 is 24.6 Å². The van der Waals surface area contributed by atoms with Crippen LogP contribution in [0.1, 0.15) is 41.5 Å². The maximum atomic E-state index is 12.5. The molecule has 0 atom stereocenters. The average Bonchev–Trinajstić information content (AvgIpc) is 2.27. The molecule has 7 nitrogen and oxygen atoms in total. The quantitative estimate of drug-likeness (QED) is 0.445. The van der Waals surface area contributed by atoms with E-state index in [-0.39, 0.29) is 6.16 Å². The van der Waals surface area contributed by atoms with Crippen LogP contribution in [0.5, 0.6) is 0 Å². The van der Waals surface area contributed by atoms with Crippen molar-refractivity contribution in [1.29, 1.82) is 0 Å². The molecule has 0 bridgehead atoms. The van der Waals surface area contributed by atoms with Crippen molar-refractivity contribution in [2.45, 2.75) is 47.1 Å². The molecule has 2 N–H and O–H groups in total. The summed E-state index contributed by atoms with van der Waals surface area (Å²) in [5.41, 5.74) is 0.857. The third kappa shape index (κ3) is 7.93. The second-order valence-electron chi connectivity index (χ2n) is 6.01. The summed E-state index contributed by atoms with van der Waals surface area (Å²) in [5, 5.41) is 8.95. The van der Waals surface area contributed by atoms with Crippen LogP contribution >= 0.6 is 7.60 Å². The van der Waals surface area contributed by atoms with Crippen molar-refractivity contribution >= 4 is 13.6 Å². The smallest absolute Gasteiger partial charge is 0.337 e. The van der Waals surface area contributed by atoms with Crippen molar-refractivity contribution < 1.29 is 28.4 Å². The normalized spacial score (nSPS) is 13.4. The third-order valence-corrected chi connectivity index (χ3v) is 5.21. The second kappa shape index (κ2) is 8.25. The summed E-state index contributed by atoms with van der Waals surface area (Å²) in [6.07, 6.45) is 0.214. The highest BCUT2D eigenvalue weighted by atomic mass is 31.2. The van der Waals surface area contributed by atoms with Gasteiger partial charge in [0.2, 0.25) is 0 Å². The number of nitrogens with one attached hydrogen (secondary N) is 1. The molecule has 0 aliphatic heterocycles. The summed E-state index contributed by atoms with van der Waals surface area (Å²) in [7, 11) is -3.15. The fourth-order valence-electron chi connectivity index (χ4n) is 1.56. The molecule has 0 spiro atoms. The molecular formula is C13H28NO6P. The van der Waals surface area contributed by atoms with E-state index in [0.29, 0.717) is 19.8 Å². The van der Waals surface area contributed by atoms with Crippen LogP contribution in [0.4, 0.5) is 0 Å². The third-order valence-electron chi connectivity index (χ3n) is 2.67. The standard InChI is InChI=1S/C13H28NO6P/c1-7-18-21(17,19-8-2)10-12(3,4)9-14-20-13(5,6)11(15)16/h14H,7-10H2,1-6H3,(H,15,16). The molecule has 0 amide bonds. The number of aliphatic carboxylic acids is 1. The van der Waals surface area contributed by atoms with Gasteiger partial charge in [0.05, 0.1) is 19.4 Å². The van der Waals surface area contributed by atoms with Crippen molar-refractivity contribution in [3.05, 3.63) is 0 Å². The molecule has 0 aromatic rings. The summed E-state index contributed by atoms with van der Waals surface area (Å²) >= 11 is 0. The van der Waals surface area contributed by atoms with Gasteiger partial charge in [-0.2, -0.15) is 0 Å². The fraction of sp³-hybridized carbons (Fsp3) is 0.923. The van der Waals surface area contributed by atoms with Crippen LogP contribution in [0.3, 0.4) is 0 Å². The number of hydroxylamine groups is 1. The molecule has 8 heteroatoms. The van der Waals surface area contributed by atoms with Crippen LogP contribution in [0.25, 0.3) is 0 Å². The van der Waals surface area contributed by atoms with Gasteiger partial charge in [0, 0.05) is 6.54 Å². The summed E-state index contributed by atoms with van der Waals surface area (Å²) in [6, 6.07) is 0. The van der Waals surface area contributed by atoms with Gasteiger partial charge in [-0.05, 0) is 33.1 Å². The molecule has 0 aromatic heterocycles. The molecule has 0 saturated heterocycles. The summed E-state index contributed by atoms with van der Waals surface area (Å²) < 4.78 is 23.0. The molecule has 0 heterocycles. The van der Waals surface area contributed by atoms with E-state index in [9.17, 15) is 9.36 Å². The Bertz CT molecular complexity index is 373. The lowest BCUT2D eigenvalue weighted by atomic mass is 9.97. The topological polar surface area (TPSA) is 94.1 Å². The van der Waals surface area contributed by atoms with E-state index in [0.717, 1.165) is 0 Å². The Morgan fingerprint density at radius 2 is 1.62 bits per heavy atom. The van der Waals surface area contributed by atoms with Gasteiger partial charge in [0.25, 0.3) is 0 Å². The molecule has 0 aliphatic carbocycles. The predicted molar refractivity (Wildman–Crippen MR) is 80.3 cm³/mol. The SMILES string of the molecule is CCOP(=O)(CC(C)(C)CNOC(C)(C)C(=O)O)OCC. The summed E-state index contributed by atoms with van der Waals surface area (Å²) in [4.78, 5) is 16.1. The highest BCUT2D eigenvalue weighted by Gasteiger charge is 2.35. The lowest BCUT2D eigenvalue weighted by molar-refractivity contribution is -0.172. The Balaban J connectivity index is 4.54. The number of carboxylic acid groups (broad SMARTS) is 1. The summed E-state index contributed by atoms with van der Waals surface area (Å²) in [6.45, 7) is 11.1. The first-order valence-electron chi connectivity index (χ1n) is 7.00. The minimum atomic E-state index is -3.15.